The fourth-order valence-electron chi connectivity index (χ4n) is 3.38. The second-order valence-corrected chi connectivity index (χ2v) is 8.12. The molecule has 0 spiro atoms. The molecule has 0 bridgehead atoms. The monoisotopic (exact) mass is 438 g/mol. The molecule has 0 fully saturated rings. The summed E-state index contributed by atoms with van der Waals surface area (Å²) in [4.78, 5) is 44.9. The van der Waals surface area contributed by atoms with Crippen LogP contribution in [0.4, 0.5) is 0 Å². The lowest BCUT2D eigenvalue weighted by atomic mass is 10.0. The number of pyridine rings is 1. The third-order valence-electron chi connectivity index (χ3n) is 5.16. The third kappa shape index (κ3) is 3.23. The molecule has 0 unspecified atom stereocenters. The number of nitrogens with zero attached hydrogens (tertiary/aromatic N) is 2. The highest BCUT2D eigenvalue weighted by Gasteiger charge is 2.23. The average molecular weight is 438 g/mol. The number of ketones is 1. The molecule has 0 aliphatic carbocycles. The van der Waals surface area contributed by atoms with Gasteiger partial charge < -0.3 is 14.6 Å². The van der Waals surface area contributed by atoms with Crippen molar-refractivity contribution in [1.29, 1.82) is 0 Å². The molecule has 0 radical (unpaired) electrons. The number of aryl methyl sites for hydroxylation is 2. The topological polar surface area (TPSA) is 107 Å². The number of thiophene rings is 1. The van der Waals surface area contributed by atoms with E-state index in [4.69, 9.17) is 9.47 Å². The van der Waals surface area contributed by atoms with Crippen molar-refractivity contribution in [2.75, 3.05) is 14.2 Å². The minimum Gasteiger partial charge on any atom is -0.507 e. The van der Waals surface area contributed by atoms with Crippen LogP contribution in [0.2, 0.25) is 0 Å². The summed E-state index contributed by atoms with van der Waals surface area (Å²) in [7, 11) is 2.64. The summed E-state index contributed by atoms with van der Waals surface area (Å²) in [5, 5.41) is 10.6. The van der Waals surface area contributed by atoms with Crippen LogP contribution in [0.1, 0.15) is 36.7 Å². The van der Waals surface area contributed by atoms with Gasteiger partial charge in [0.15, 0.2) is 11.4 Å². The Balaban J connectivity index is 2.05. The molecule has 0 aliphatic heterocycles. The first kappa shape index (κ1) is 20.5. The Morgan fingerprint density at radius 2 is 1.87 bits per heavy atom. The van der Waals surface area contributed by atoms with Crippen molar-refractivity contribution in [1.82, 2.24) is 9.38 Å². The highest BCUT2D eigenvalue weighted by Crippen LogP contribution is 2.29. The fraction of sp³-hybridized carbons (Fsp3) is 0.182. The maximum Gasteiger partial charge on any atom is 0.341 e. The van der Waals surface area contributed by atoms with Crippen LogP contribution >= 0.6 is 11.3 Å². The van der Waals surface area contributed by atoms with E-state index >= 15 is 0 Å². The van der Waals surface area contributed by atoms with E-state index in [0.29, 0.717) is 16.0 Å². The van der Waals surface area contributed by atoms with Crippen molar-refractivity contribution in [3.63, 3.8) is 0 Å². The van der Waals surface area contributed by atoms with Crippen molar-refractivity contribution >= 4 is 39.0 Å². The van der Waals surface area contributed by atoms with E-state index in [0.717, 1.165) is 10.4 Å². The Morgan fingerprint density at radius 3 is 2.55 bits per heavy atom. The van der Waals surface area contributed by atoms with Gasteiger partial charge in [-0.05, 0) is 43.7 Å². The van der Waals surface area contributed by atoms with E-state index < -0.39 is 17.3 Å². The van der Waals surface area contributed by atoms with Crippen molar-refractivity contribution in [3.05, 3.63) is 67.9 Å². The third-order valence-corrected chi connectivity index (χ3v) is 6.26. The molecule has 9 heteroatoms. The van der Waals surface area contributed by atoms with Gasteiger partial charge in [0.1, 0.15) is 21.9 Å². The van der Waals surface area contributed by atoms with Crippen LogP contribution in [0.15, 0.2) is 35.3 Å². The van der Waals surface area contributed by atoms with Gasteiger partial charge in [-0.3, -0.25) is 14.0 Å². The van der Waals surface area contributed by atoms with Crippen molar-refractivity contribution in [2.45, 2.75) is 13.8 Å². The summed E-state index contributed by atoms with van der Waals surface area (Å²) in [6, 6.07) is 5.55. The molecular formula is C22H18N2O6S. The Kier molecular flexibility index (Phi) is 4.98. The summed E-state index contributed by atoms with van der Waals surface area (Å²) >= 11 is 1.36. The van der Waals surface area contributed by atoms with Crippen LogP contribution in [0.5, 0.6) is 11.5 Å². The van der Waals surface area contributed by atoms with Crippen molar-refractivity contribution in [3.8, 4) is 11.5 Å². The van der Waals surface area contributed by atoms with Gasteiger partial charge in [-0.1, -0.05) is 0 Å². The van der Waals surface area contributed by atoms with E-state index in [9.17, 15) is 19.5 Å². The Hall–Kier alpha value is -3.72. The highest BCUT2D eigenvalue weighted by atomic mass is 32.1. The quantitative estimate of drug-likeness (QED) is 0.385. The van der Waals surface area contributed by atoms with Gasteiger partial charge in [-0.2, -0.15) is 0 Å². The normalized spacial score (nSPS) is 11.1. The summed E-state index contributed by atoms with van der Waals surface area (Å²) in [6.07, 6.45) is 1.32. The van der Waals surface area contributed by atoms with Crippen molar-refractivity contribution < 1.29 is 24.2 Å². The Labute approximate surface area is 180 Å². The van der Waals surface area contributed by atoms with Gasteiger partial charge in [-0.15, -0.1) is 11.3 Å². The largest absolute Gasteiger partial charge is 0.507 e. The van der Waals surface area contributed by atoms with E-state index in [-0.39, 0.29) is 28.1 Å². The van der Waals surface area contributed by atoms with Gasteiger partial charge in [0.05, 0.1) is 25.2 Å². The van der Waals surface area contributed by atoms with Crippen LogP contribution in [0.25, 0.3) is 15.9 Å². The fourth-order valence-corrected chi connectivity index (χ4v) is 4.40. The number of hydrogen-bond donors (Lipinski definition) is 1. The van der Waals surface area contributed by atoms with Gasteiger partial charge >= 0.3 is 5.97 Å². The maximum atomic E-state index is 13.3. The molecular weight excluding hydrogens is 420 g/mol. The van der Waals surface area contributed by atoms with E-state index in [2.05, 4.69) is 4.98 Å². The van der Waals surface area contributed by atoms with Crippen molar-refractivity contribution in [2.24, 2.45) is 0 Å². The van der Waals surface area contributed by atoms with E-state index in [1.54, 1.807) is 0 Å². The first-order valence-electron chi connectivity index (χ1n) is 9.23. The zero-order chi connectivity index (χ0) is 22.4. The molecule has 8 nitrogen and oxygen atoms in total. The SMILES string of the molecule is COC(=O)c1cc(C(=O)c2cc(OC)ccc2O)cn2c(=O)c3c(C)c(C)sc3nc12. The van der Waals surface area contributed by atoms with E-state index in [1.165, 1.54) is 60.4 Å². The predicted octanol–water partition coefficient (Wildman–Crippen LogP) is 3.26. The standard InChI is InChI=1S/C22H18N2O6S/c1-10-11(2)31-20-17(10)21(27)24-9-12(7-15(19(24)23-20)22(28)30-4)18(26)14-8-13(29-3)5-6-16(14)25/h5-9,25H,1-4H3. The number of fused-ring (bicyclic) bond motifs is 2. The van der Waals surface area contributed by atoms with Gasteiger partial charge in [-0.25, -0.2) is 9.78 Å². The number of phenolic OH excluding ortho intramolecular Hbond substituents is 1. The molecule has 0 saturated heterocycles. The second kappa shape index (κ2) is 7.51. The summed E-state index contributed by atoms with van der Waals surface area (Å²) in [6.45, 7) is 3.71. The van der Waals surface area contributed by atoms with Crippen LogP contribution in [-0.2, 0) is 4.74 Å². The number of rotatable bonds is 4. The number of esters is 1. The summed E-state index contributed by atoms with van der Waals surface area (Å²) < 4.78 is 11.2. The minimum atomic E-state index is -0.738. The number of aromatic nitrogens is 2. The number of ether oxygens (including phenoxy) is 2. The molecule has 1 N–H and O–H groups in total. The number of carbonyl (C=O) groups is 2. The molecule has 0 saturated carbocycles. The smallest absolute Gasteiger partial charge is 0.341 e. The molecule has 31 heavy (non-hydrogen) atoms. The summed E-state index contributed by atoms with van der Waals surface area (Å²) in [5.41, 5.74) is 0.462. The minimum absolute atomic E-state index is 0.0179. The highest BCUT2D eigenvalue weighted by molar-refractivity contribution is 7.18. The lowest BCUT2D eigenvalue weighted by molar-refractivity contribution is 0.0602. The predicted molar refractivity (Wildman–Crippen MR) is 116 cm³/mol. The van der Waals surface area contributed by atoms with Crippen LogP contribution in [-0.4, -0.2) is 40.5 Å². The molecule has 1 aromatic carbocycles. The van der Waals surface area contributed by atoms with Crippen LogP contribution < -0.4 is 10.3 Å². The molecule has 0 aliphatic rings. The van der Waals surface area contributed by atoms with Gasteiger partial charge in [0.25, 0.3) is 5.56 Å². The number of phenols is 1. The second-order valence-electron chi connectivity index (χ2n) is 6.92. The lowest BCUT2D eigenvalue weighted by Crippen LogP contribution is -2.20. The van der Waals surface area contributed by atoms with Gasteiger partial charge in [0.2, 0.25) is 0 Å². The first-order chi connectivity index (χ1) is 14.8. The molecule has 3 aromatic heterocycles. The Bertz CT molecular complexity index is 1450. The van der Waals surface area contributed by atoms with E-state index in [1.807, 2.05) is 13.8 Å². The zero-order valence-electron chi connectivity index (χ0n) is 17.2. The first-order valence-corrected chi connectivity index (χ1v) is 10.0. The number of hydrogen-bond acceptors (Lipinski definition) is 8. The maximum absolute atomic E-state index is 13.3. The molecule has 0 amide bonds. The summed E-state index contributed by atoms with van der Waals surface area (Å²) in [5.74, 6) is -1.21. The average Bonchev–Trinajstić information content (AvgIpc) is 3.06. The molecule has 3 heterocycles. The molecule has 4 aromatic rings. The number of methoxy groups -OCH3 is 2. The molecule has 158 valence electrons. The molecule has 0 atom stereocenters. The lowest BCUT2D eigenvalue weighted by Gasteiger charge is -2.11. The number of carbonyl (C=O) groups excluding carboxylic acids is 2. The Morgan fingerprint density at radius 1 is 1.13 bits per heavy atom. The van der Waals surface area contributed by atoms with Gasteiger partial charge in [0, 0.05) is 16.6 Å². The molecule has 4 rings (SSSR count). The number of aromatic hydroxyl groups is 1. The zero-order valence-corrected chi connectivity index (χ0v) is 18.0. The number of benzene rings is 1. The van der Waals surface area contributed by atoms with Crippen LogP contribution in [0.3, 0.4) is 0 Å². The van der Waals surface area contributed by atoms with Crippen LogP contribution in [0, 0.1) is 13.8 Å².